The highest BCUT2D eigenvalue weighted by atomic mass is 35.5. The van der Waals surface area contributed by atoms with Crippen LogP contribution in [0.15, 0.2) is 65.5 Å². The van der Waals surface area contributed by atoms with Crippen LogP contribution < -0.4 is 15.7 Å². The number of Topliss-reactive ketones (excluding diaryl/α,β-unsaturated/α-hetero) is 1. The first-order valence-corrected chi connectivity index (χ1v) is 11.3. The lowest BCUT2D eigenvalue weighted by molar-refractivity contribution is -0.138. The predicted molar refractivity (Wildman–Crippen MR) is 132 cm³/mol. The van der Waals surface area contributed by atoms with Gasteiger partial charge in [0.2, 0.25) is 0 Å². The molecule has 1 aromatic heterocycles. The van der Waals surface area contributed by atoms with Gasteiger partial charge in [-0.05, 0) is 17.7 Å². The van der Waals surface area contributed by atoms with Crippen LogP contribution in [0.3, 0.4) is 0 Å². The molecule has 0 saturated carbocycles. The van der Waals surface area contributed by atoms with Crippen molar-refractivity contribution in [3.63, 3.8) is 0 Å². The molecule has 1 amide bonds. The fourth-order valence-electron chi connectivity index (χ4n) is 3.52. The number of nitrogens with zero attached hydrogens (tertiary/aromatic N) is 2. The summed E-state index contributed by atoms with van der Waals surface area (Å²) in [6, 6.07) is 17.1. The summed E-state index contributed by atoms with van der Waals surface area (Å²) in [7, 11) is 0. The number of halogens is 1. The molecule has 3 rings (SSSR count). The van der Waals surface area contributed by atoms with Crippen LogP contribution in [-0.2, 0) is 21.1 Å². The average Bonchev–Trinajstić information content (AvgIpc) is 3.06. The summed E-state index contributed by atoms with van der Waals surface area (Å²) < 4.78 is 7.05. The number of anilines is 1. The lowest BCUT2D eigenvalue weighted by atomic mass is 9.85. The highest BCUT2D eigenvalue weighted by Crippen LogP contribution is 2.39. The number of ketones is 1. The van der Waals surface area contributed by atoms with Gasteiger partial charge in [0.25, 0.3) is 22.7 Å². The number of aromatic nitrogens is 2. The van der Waals surface area contributed by atoms with E-state index in [0.29, 0.717) is 15.8 Å². The molecule has 1 unspecified atom stereocenters. The van der Waals surface area contributed by atoms with Crippen molar-refractivity contribution in [2.75, 3.05) is 18.5 Å². The Labute approximate surface area is 207 Å². The van der Waals surface area contributed by atoms with Crippen LogP contribution in [0.4, 0.5) is 5.69 Å². The predicted octanol–water partition coefficient (Wildman–Crippen LogP) is 2.92. The fraction of sp³-hybridized carbons (Fsp3) is 0.320. The van der Waals surface area contributed by atoms with Gasteiger partial charge in [-0.2, -0.15) is 0 Å². The molecule has 0 aliphatic rings. The number of rotatable bonds is 9. The number of para-hydroxylation sites is 1. The number of benzene rings is 2. The Hall–Kier alpha value is -3.56. The molecule has 0 aliphatic heterocycles. The van der Waals surface area contributed by atoms with E-state index < -0.39 is 40.3 Å². The van der Waals surface area contributed by atoms with E-state index >= 15 is 0 Å². The van der Waals surface area contributed by atoms with Crippen LogP contribution >= 0.6 is 11.6 Å². The van der Waals surface area contributed by atoms with E-state index in [1.165, 1.54) is 0 Å². The number of hydrogen-bond donors (Lipinski definition) is 3. The molecule has 1 atom stereocenters. The molecule has 3 aromatic rings. The van der Waals surface area contributed by atoms with Gasteiger partial charge in [-0.1, -0.05) is 80.9 Å². The van der Waals surface area contributed by atoms with Crippen molar-refractivity contribution < 1.29 is 24.5 Å². The summed E-state index contributed by atoms with van der Waals surface area (Å²) in [5.41, 5.74) is -1.07. The third-order valence-electron chi connectivity index (χ3n) is 5.21. The summed E-state index contributed by atoms with van der Waals surface area (Å²) in [4.78, 5) is 38.0. The van der Waals surface area contributed by atoms with Gasteiger partial charge in [-0.15, -0.1) is 0 Å². The summed E-state index contributed by atoms with van der Waals surface area (Å²) in [5.74, 6) is -2.97. The molecular weight excluding hydrogens is 474 g/mol. The third kappa shape index (κ3) is 5.26. The Morgan fingerprint density at radius 3 is 2.14 bits per heavy atom. The first kappa shape index (κ1) is 26.1. The van der Waals surface area contributed by atoms with E-state index in [4.69, 9.17) is 16.3 Å². The SMILES string of the molecule is CC(C)(C)C(=O)C(Cl)(C(=O)Nc1ccccc1)n1c(O)c(OCCO)n(Cc2ccccc2)c1=O. The van der Waals surface area contributed by atoms with Gasteiger partial charge in [-0.3, -0.25) is 14.2 Å². The number of nitrogens with one attached hydrogen (secondary N) is 1. The van der Waals surface area contributed by atoms with Crippen molar-refractivity contribution in [3.8, 4) is 11.8 Å². The van der Waals surface area contributed by atoms with E-state index in [1.807, 2.05) is 0 Å². The zero-order chi connectivity index (χ0) is 25.8. The highest BCUT2D eigenvalue weighted by molar-refractivity contribution is 6.45. The maximum Gasteiger partial charge on any atom is 0.336 e. The molecule has 35 heavy (non-hydrogen) atoms. The van der Waals surface area contributed by atoms with Crippen molar-refractivity contribution in [1.82, 2.24) is 9.13 Å². The number of alkyl halides is 1. The standard InChI is InChI=1S/C25H28ClN3O6/c1-24(2,3)21(32)25(26,22(33)27-18-12-8-5-9-13-18)29-19(31)20(35-15-14-30)28(23(29)34)16-17-10-6-4-7-11-17/h4-13,30-31H,14-16H2,1-3H3,(H,27,33). The van der Waals surface area contributed by atoms with E-state index in [2.05, 4.69) is 5.32 Å². The molecule has 3 N–H and O–H groups in total. The van der Waals surface area contributed by atoms with E-state index in [-0.39, 0.29) is 19.0 Å². The van der Waals surface area contributed by atoms with Crippen molar-refractivity contribution in [1.29, 1.82) is 0 Å². The fourth-order valence-corrected chi connectivity index (χ4v) is 4.00. The first-order valence-electron chi connectivity index (χ1n) is 10.9. The smallest absolute Gasteiger partial charge is 0.336 e. The van der Waals surface area contributed by atoms with Gasteiger partial charge < -0.3 is 20.3 Å². The van der Waals surface area contributed by atoms with Crippen LogP contribution in [0.5, 0.6) is 11.8 Å². The minimum absolute atomic E-state index is 0.0437. The highest BCUT2D eigenvalue weighted by Gasteiger charge is 2.53. The second-order valence-electron chi connectivity index (χ2n) is 8.91. The van der Waals surface area contributed by atoms with Gasteiger partial charge in [0.1, 0.15) is 6.61 Å². The van der Waals surface area contributed by atoms with Gasteiger partial charge in [0.15, 0.2) is 5.78 Å². The van der Waals surface area contributed by atoms with E-state index in [9.17, 15) is 24.6 Å². The molecule has 10 heteroatoms. The Morgan fingerprint density at radius 2 is 1.60 bits per heavy atom. The number of imidazole rings is 1. The molecule has 0 radical (unpaired) electrons. The molecule has 0 spiro atoms. The molecule has 0 saturated heterocycles. The molecule has 2 aromatic carbocycles. The molecule has 186 valence electrons. The van der Waals surface area contributed by atoms with Crippen molar-refractivity contribution >= 4 is 29.0 Å². The molecule has 0 bridgehead atoms. The molecular formula is C25H28ClN3O6. The van der Waals surface area contributed by atoms with Gasteiger partial charge >= 0.3 is 5.69 Å². The van der Waals surface area contributed by atoms with E-state index in [0.717, 1.165) is 4.57 Å². The summed E-state index contributed by atoms with van der Waals surface area (Å²) in [6.45, 7) is 3.96. The summed E-state index contributed by atoms with van der Waals surface area (Å²) in [5, 5.41) is 22.9. The molecule has 0 fully saturated rings. The maximum atomic E-state index is 13.6. The average molecular weight is 502 g/mol. The number of amides is 1. The zero-order valence-corrected chi connectivity index (χ0v) is 20.5. The Morgan fingerprint density at radius 1 is 1.03 bits per heavy atom. The van der Waals surface area contributed by atoms with Crippen molar-refractivity contribution in [2.45, 2.75) is 32.3 Å². The topological polar surface area (TPSA) is 123 Å². The zero-order valence-electron chi connectivity index (χ0n) is 19.7. The second kappa shape index (κ2) is 10.4. The Bertz CT molecular complexity index is 1250. The molecule has 1 heterocycles. The van der Waals surface area contributed by atoms with Crippen LogP contribution in [0.25, 0.3) is 0 Å². The van der Waals surface area contributed by atoms with Crippen molar-refractivity contribution in [3.05, 3.63) is 76.7 Å². The van der Waals surface area contributed by atoms with Crippen LogP contribution in [0.2, 0.25) is 0 Å². The number of ether oxygens (including phenoxy) is 1. The third-order valence-corrected chi connectivity index (χ3v) is 5.72. The van der Waals surface area contributed by atoms with Gasteiger partial charge in [0, 0.05) is 11.1 Å². The molecule has 0 aliphatic carbocycles. The number of carbonyl (C=O) groups is 2. The largest absolute Gasteiger partial charge is 0.491 e. The molecule has 9 nitrogen and oxygen atoms in total. The van der Waals surface area contributed by atoms with Gasteiger partial charge in [-0.25, -0.2) is 9.36 Å². The first-order chi connectivity index (χ1) is 16.5. The number of carbonyl (C=O) groups excluding carboxylic acids is 2. The minimum atomic E-state index is -2.64. The minimum Gasteiger partial charge on any atom is -0.491 e. The Balaban J connectivity index is 2.23. The number of aromatic hydroxyl groups is 1. The maximum absolute atomic E-state index is 13.6. The normalized spacial score (nSPS) is 13.2. The Kier molecular flexibility index (Phi) is 7.72. The second-order valence-corrected chi connectivity index (χ2v) is 9.46. The summed E-state index contributed by atoms with van der Waals surface area (Å²) in [6.07, 6.45) is 0. The number of aliphatic hydroxyl groups excluding tert-OH is 1. The summed E-state index contributed by atoms with van der Waals surface area (Å²) >= 11 is 6.76. The monoisotopic (exact) mass is 501 g/mol. The van der Waals surface area contributed by atoms with Gasteiger partial charge in [0.05, 0.1) is 13.2 Å². The lowest BCUT2D eigenvalue weighted by Gasteiger charge is -2.31. The van der Waals surface area contributed by atoms with Crippen molar-refractivity contribution in [2.24, 2.45) is 5.41 Å². The lowest BCUT2D eigenvalue weighted by Crippen LogP contribution is -2.55. The van der Waals surface area contributed by atoms with Crippen LogP contribution in [0.1, 0.15) is 26.3 Å². The van der Waals surface area contributed by atoms with Crippen LogP contribution in [-0.4, -0.2) is 44.3 Å². The quantitative estimate of drug-likeness (QED) is 0.306. The van der Waals surface area contributed by atoms with Crippen LogP contribution in [0, 0.1) is 5.41 Å². The number of aliphatic hydroxyl groups is 1. The van der Waals surface area contributed by atoms with E-state index in [1.54, 1.807) is 81.4 Å². The number of hydrogen-bond acceptors (Lipinski definition) is 6.